The van der Waals surface area contributed by atoms with E-state index in [0.717, 1.165) is 37.3 Å². The molecule has 1 aromatic carbocycles. The largest absolute Gasteiger partial charge is 0.394 e. The second kappa shape index (κ2) is 9.64. The van der Waals surface area contributed by atoms with E-state index >= 15 is 0 Å². The van der Waals surface area contributed by atoms with Crippen molar-refractivity contribution < 1.29 is 14.6 Å². The molecule has 1 N–H and O–H groups in total. The summed E-state index contributed by atoms with van der Waals surface area (Å²) in [5.74, 6) is 0.797. The van der Waals surface area contributed by atoms with Gasteiger partial charge in [-0.2, -0.15) is 0 Å². The second-order valence-electron chi connectivity index (χ2n) is 6.43. The van der Waals surface area contributed by atoms with Crippen molar-refractivity contribution in [1.29, 1.82) is 0 Å². The van der Waals surface area contributed by atoms with Crippen molar-refractivity contribution in [3.63, 3.8) is 0 Å². The predicted octanol–water partition coefficient (Wildman–Crippen LogP) is 4.34. The van der Waals surface area contributed by atoms with Crippen molar-refractivity contribution in [1.82, 2.24) is 9.55 Å². The number of halogens is 1. The van der Waals surface area contributed by atoms with Gasteiger partial charge in [-0.15, -0.1) is 0 Å². The van der Waals surface area contributed by atoms with E-state index in [1.807, 2.05) is 29.8 Å². The first-order valence-electron chi connectivity index (χ1n) is 9.02. The number of imidazole rings is 1. The van der Waals surface area contributed by atoms with E-state index in [-0.39, 0.29) is 25.0 Å². The normalized spacial score (nSPS) is 20.3. The van der Waals surface area contributed by atoms with Gasteiger partial charge in [0.05, 0.1) is 12.6 Å². The highest BCUT2D eigenvalue weighted by molar-refractivity contribution is 14.1. The molecule has 140 valence electrons. The Morgan fingerprint density at radius 3 is 2.88 bits per heavy atom. The van der Waals surface area contributed by atoms with Gasteiger partial charge in [-0.1, -0.05) is 24.3 Å². The van der Waals surface area contributed by atoms with Crippen LogP contribution < -0.4 is 0 Å². The lowest BCUT2D eigenvalue weighted by molar-refractivity contribution is -0.188. The molecule has 3 rings (SSSR count). The van der Waals surface area contributed by atoms with Crippen LogP contribution in [0.25, 0.3) is 6.08 Å². The molecule has 3 atom stereocenters. The number of hydrogen-bond acceptors (Lipinski definition) is 4. The van der Waals surface area contributed by atoms with Gasteiger partial charge in [-0.05, 0) is 66.5 Å². The number of rotatable bonds is 7. The highest BCUT2D eigenvalue weighted by Gasteiger charge is 2.22. The van der Waals surface area contributed by atoms with Crippen molar-refractivity contribution in [3.8, 4) is 0 Å². The fraction of sp³-hybridized carbons (Fsp3) is 0.450. The summed E-state index contributed by atoms with van der Waals surface area (Å²) in [6, 6.07) is 8.07. The molecule has 5 nitrogen and oxygen atoms in total. The molecular weight excluding hydrogens is 443 g/mol. The van der Waals surface area contributed by atoms with E-state index in [1.54, 1.807) is 6.20 Å². The molecule has 1 aliphatic rings. The summed E-state index contributed by atoms with van der Waals surface area (Å²) >= 11 is 2.29. The van der Waals surface area contributed by atoms with E-state index in [0.29, 0.717) is 0 Å². The van der Waals surface area contributed by atoms with Crippen LogP contribution in [0.2, 0.25) is 0 Å². The third kappa shape index (κ3) is 5.16. The number of aliphatic hydroxyl groups is 1. The molecule has 0 bridgehead atoms. The molecule has 1 aliphatic heterocycles. The van der Waals surface area contributed by atoms with E-state index in [1.165, 1.54) is 3.57 Å². The molecule has 1 aromatic heterocycles. The minimum absolute atomic E-state index is 0.00310. The molecule has 0 spiro atoms. The summed E-state index contributed by atoms with van der Waals surface area (Å²) < 4.78 is 14.9. The lowest BCUT2D eigenvalue weighted by atomic mass is 10.1. The molecule has 0 aliphatic carbocycles. The highest BCUT2D eigenvalue weighted by atomic mass is 127. The lowest BCUT2D eigenvalue weighted by Gasteiger charge is -2.27. The van der Waals surface area contributed by atoms with Crippen LogP contribution in [0.15, 0.2) is 42.7 Å². The van der Waals surface area contributed by atoms with Crippen LogP contribution in [-0.4, -0.2) is 34.2 Å². The van der Waals surface area contributed by atoms with E-state index < -0.39 is 0 Å². The predicted molar refractivity (Wildman–Crippen MR) is 110 cm³/mol. The van der Waals surface area contributed by atoms with Crippen molar-refractivity contribution in [3.05, 3.63) is 57.7 Å². The highest BCUT2D eigenvalue weighted by Crippen LogP contribution is 2.25. The quantitative estimate of drug-likeness (QED) is 0.615. The lowest BCUT2D eigenvalue weighted by Crippen LogP contribution is -2.25. The molecule has 1 saturated heterocycles. The van der Waals surface area contributed by atoms with Crippen LogP contribution in [0.1, 0.15) is 49.7 Å². The Morgan fingerprint density at radius 1 is 1.38 bits per heavy atom. The Hall–Kier alpha value is -1.22. The number of benzene rings is 1. The number of aromatic nitrogens is 2. The van der Waals surface area contributed by atoms with Gasteiger partial charge < -0.3 is 19.1 Å². The van der Waals surface area contributed by atoms with Crippen molar-refractivity contribution in [2.45, 2.75) is 44.6 Å². The molecule has 26 heavy (non-hydrogen) atoms. The van der Waals surface area contributed by atoms with Gasteiger partial charge in [0.25, 0.3) is 0 Å². The maximum Gasteiger partial charge on any atom is 0.158 e. The smallest absolute Gasteiger partial charge is 0.158 e. The minimum atomic E-state index is -0.200. The van der Waals surface area contributed by atoms with Gasteiger partial charge in [0.2, 0.25) is 0 Å². The first kappa shape index (κ1) is 19.5. The maximum atomic E-state index is 9.88. The summed E-state index contributed by atoms with van der Waals surface area (Å²) in [7, 11) is 0. The molecule has 2 aromatic rings. The van der Waals surface area contributed by atoms with Crippen LogP contribution in [0.5, 0.6) is 0 Å². The zero-order valence-corrected chi connectivity index (χ0v) is 17.1. The van der Waals surface area contributed by atoms with Gasteiger partial charge in [0.15, 0.2) is 6.29 Å². The summed E-state index contributed by atoms with van der Waals surface area (Å²) in [5, 5.41) is 9.88. The van der Waals surface area contributed by atoms with Gasteiger partial charge in [0.1, 0.15) is 11.9 Å². The molecule has 0 saturated carbocycles. The average Bonchev–Trinajstić information content (AvgIpc) is 3.14. The zero-order valence-electron chi connectivity index (χ0n) is 14.9. The van der Waals surface area contributed by atoms with Gasteiger partial charge in [-0.25, -0.2) is 4.98 Å². The minimum Gasteiger partial charge on any atom is -0.394 e. The molecule has 0 amide bonds. The molecule has 1 fully saturated rings. The number of aliphatic hydroxyl groups excluding tert-OH is 1. The van der Waals surface area contributed by atoms with Crippen LogP contribution in [0, 0.1) is 3.57 Å². The molecular formula is C20H25IN2O3. The second-order valence-corrected chi connectivity index (χ2v) is 7.67. The third-order valence-electron chi connectivity index (χ3n) is 4.48. The van der Waals surface area contributed by atoms with Crippen molar-refractivity contribution in [2.24, 2.45) is 0 Å². The van der Waals surface area contributed by atoms with Gasteiger partial charge >= 0.3 is 0 Å². The fourth-order valence-corrected chi connectivity index (χ4v) is 3.42. The Labute approximate surface area is 168 Å². The summed E-state index contributed by atoms with van der Waals surface area (Å²) in [6.07, 6.45) is 10.4. The third-order valence-corrected chi connectivity index (χ3v) is 5.20. The number of nitrogens with zero attached hydrogens (tertiary/aromatic N) is 2. The van der Waals surface area contributed by atoms with Crippen molar-refractivity contribution in [2.75, 3.05) is 13.2 Å². The first-order valence-corrected chi connectivity index (χ1v) is 10.1. The van der Waals surface area contributed by atoms with Gasteiger partial charge in [-0.3, -0.25) is 0 Å². The van der Waals surface area contributed by atoms with E-state index in [9.17, 15) is 5.11 Å². The number of ether oxygens (including phenoxy) is 2. The number of hydrogen-bond donors (Lipinski definition) is 1. The topological polar surface area (TPSA) is 56.5 Å². The molecule has 0 radical (unpaired) electrons. The molecule has 2 heterocycles. The fourth-order valence-electron chi connectivity index (χ4n) is 3.06. The summed E-state index contributed by atoms with van der Waals surface area (Å²) in [4.78, 5) is 4.45. The van der Waals surface area contributed by atoms with Crippen molar-refractivity contribution >= 4 is 28.7 Å². The van der Waals surface area contributed by atoms with Crippen LogP contribution in [0.3, 0.4) is 0 Å². The monoisotopic (exact) mass is 468 g/mol. The van der Waals surface area contributed by atoms with Gasteiger partial charge in [0, 0.05) is 22.6 Å². The van der Waals surface area contributed by atoms with Crippen LogP contribution in [0.4, 0.5) is 0 Å². The maximum absolute atomic E-state index is 9.88. The average molecular weight is 468 g/mol. The standard InChI is InChI=1S/C20H25IN2O3/c1-15(26-19-4-2-3-13-25-19)20-22-11-12-23(20)18(14-24)10-7-16-5-8-17(21)9-6-16/h5-12,15,18-19,24H,2-4,13-14H2,1H3/b10-7+/t15-,18?,19?/m0/s1. The van der Waals surface area contributed by atoms with Crippen LogP contribution in [-0.2, 0) is 9.47 Å². The molecule has 2 unspecified atom stereocenters. The van der Waals surface area contributed by atoms with Crippen LogP contribution >= 0.6 is 22.6 Å². The van der Waals surface area contributed by atoms with E-state index in [4.69, 9.17) is 9.47 Å². The van der Waals surface area contributed by atoms with E-state index in [2.05, 4.69) is 51.8 Å². The Morgan fingerprint density at radius 2 is 2.19 bits per heavy atom. The summed E-state index contributed by atoms with van der Waals surface area (Å²) in [6.45, 7) is 2.73. The summed E-state index contributed by atoms with van der Waals surface area (Å²) in [5.41, 5.74) is 1.10. The Kier molecular flexibility index (Phi) is 7.24. The zero-order chi connectivity index (χ0) is 18.4. The SMILES string of the molecule is C[C@H](OC1CCCCO1)c1nccn1C(/C=C/c1ccc(I)cc1)CO. The Balaban J connectivity index is 1.70. The Bertz CT molecular complexity index is 708. The first-order chi connectivity index (χ1) is 12.7. The molecule has 6 heteroatoms.